The lowest BCUT2D eigenvalue weighted by molar-refractivity contribution is -0.277. The number of ketones is 1. The number of hydrogen-bond donors (Lipinski definition) is 7. The summed E-state index contributed by atoms with van der Waals surface area (Å²) in [6, 6.07) is 11.3. The molecule has 1 aliphatic rings. The zero-order valence-corrected chi connectivity index (χ0v) is 20.3. The second kappa shape index (κ2) is 10.9. The van der Waals surface area contributed by atoms with Crippen LogP contribution in [-0.2, 0) is 11.2 Å². The van der Waals surface area contributed by atoms with Crippen LogP contribution in [0, 0.1) is 6.92 Å². The van der Waals surface area contributed by atoms with E-state index in [9.17, 15) is 45.3 Å². The highest BCUT2D eigenvalue weighted by molar-refractivity contribution is 6.11. The van der Waals surface area contributed by atoms with Crippen molar-refractivity contribution in [2.24, 2.45) is 0 Å². The number of aliphatic hydroxyl groups is 4. The van der Waals surface area contributed by atoms with Gasteiger partial charge in [0.15, 0.2) is 5.78 Å². The summed E-state index contributed by atoms with van der Waals surface area (Å²) >= 11 is 0. The van der Waals surface area contributed by atoms with E-state index in [2.05, 4.69) is 0 Å². The first-order valence-corrected chi connectivity index (χ1v) is 11.8. The molecule has 1 saturated heterocycles. The van der Waals surface area contributed by atoms with Crippen LogP contribution in [-0.4, -0.2) is 84.8 Å². The molecular weight excluding hydrogens is 500 g/mol. The van der Waals surface area contributed by atoms with Crippen molar-refractivity contribution in [2.75, 3.05) is 6.61 Å². The lowest BCUT2D eigenvalue weighted by Crippen LogP contribution is -2.60. The molecule has 0 aliphatic carbocycles. The van der Waals surface area contributed by atoms with Crippen molar-refractivity contribution in [3.05, 3.63) is 64.7 Å². The zero-order valence-electron chi connectivity index (χ0n) is 20.3. The molecule has 7 N–H and O–H groups in total. The summed E-state index contributed by atoms with van der Waals surface area (Å²) in [6.07, 6.45) is -7.93. The Bertz CT molecular complexity index is 1350. The minimum atomic E-state index is -1.83. The van der Waals surface area contributed by atoms with Crippen LogP contribution in [0.4, 0.5) is 0 Å². The maximum Gasteiger partial charge on any atom is 0.335 e. The highest BCUT2D eigenvalue weighted by atomic mass is 16.7. The van der Waals surface area contributed by atoms with Crippen molar-refractivity contribution in [1.82, 2.24) is 0 Å². The quantitative estimate of drug-likeness (QED) is 0.164. The van der Waals surface area contributed by atoms with Gasteiger partial charge in [-0.2, -0.15) is 0 Å². The van der Waals surface area contributed by atoms with Crippen molar-refractivity contribution in [1.29, 1.82) is 0 Å². The van der Waals surface area contributed by atoms with Gasteiger partial charge in [0, 0.05) is 17.4 Å². The third-order valence-corrected chi connectivity index (χ3v) is 6.66. The van der Waals surface area contributed by atoms with Gasteiger partial charge in [0.1, 0.15) is 41.7 Å². The number of phenols is 2. The number of aliphatic hydroxyl groups excluding tert-OH is 4. The molecule has 3 aromatic rings. The zero-order chi connectivity index (χ0) is 27.7. The third-order valence-electron chi connectivity index (χ3n) is 6.66. The number of ether oxygens (including phenoxy) is 2. The average Bonchev–Trinajstić information content (AvgIpc) is 2.91. The van der Waals surface area contributed by atoms with E-state index in [0.717, 1.165) is 17.7 Å². The van der Waals surface area contributed by atoms with Crippen molar-refractivity contribution in [3.8, 4) is 17.2 Å². The molecule has 5 atom stereocenters. The number of aromatic carboxylic acids is 1. The molecule has 0 amide bonds. The number of aryl methyl sites for hydroxylation is 1. The van der Waals surface area contributed by atoms with Gasteiger partial charge in [0.2, 0.25) is 6.29 Å². The van der Waals surface area contributed by atoms with Gasteiger partial charge in [-0.15, -0.1) is 0 Å². The molecule has 3 aromatic carbocycles. The van der Waals surface area contributed by atoms with Crippen LogP contribution >= 0.6 is 0 Å². The summed E-state index contributed by atoms with van der Waals surface area (Å²) in [5, 5.41) is 71.4. The predicted molar refractivity (Wildman–Crippen MR) is 132 cm³/mol. The van der Waals surface area contributed by atoms with Gasteiger partial charge < -0.3 is 45.2 Å². The second-order valence-corrected chi connectivity index (χ2v) is 9.12. The summed E-state index contributed by atoms with van der Waals surface area (Å²) < 4.78 is 11.0. The number of benzene rings is 3. The number of phenolic OH excluding ortho intramolecular Hbond substituents is 2. The number of aromatic hydroxyl groups is 2. The minimum Gasteiger partial charge on any atom is -0.507 e. The first-order chi connectivity index (χ1) is 18.0. The summed E-state index contributed by atoms with van der Waals surface area (Å²) in [5.74, 6) is -3.30. The van der Waals surface area contributed by atoms with Crippen LogP contribution in [0.2, 0.25) is 0 Å². The predicted octanol–water partition coefficient (Wildman–Crippen LogP) is 1.25. The molecule has 0 radical (unpaired) electrons. The van der Waals surface area contributed by atoms with E-state index in [4.69, 9.17) is 9.47 Å². The van der Waals surface area contributed by atoms with Crippen LogP contribution in [0.1, 0.15) is 38.3 Å². The standard InChI is InChI=1S/C27H28O11/c1-12-19(16(29)8-7-13-5-3-2-4-6-13)23(32)20-15(21(12)30)9-14(26(35)36)10-17(20)37-27-25(34)24(33)22(31)18(11-28)38-27/h2-6,9-10,18,22,24-25,27-28,30-34H,7-8,11H2,1H3,(H,35,36)/t18-,22-,24+,25-,27+/m1/s1. The number of carbonyl (C=O) groups excluding carboxylic acids is 1. The molecule has 202 valence electrons. The largest absolute Gasteiger partial charge is 0.507 e. The van der Waals surface area contributed by atoms with Gasteiger partial charge in [-0.1, -0.05) is 30.3 Å². The highest BCUT2D eigenvalue weighted by Gasteiger charge is 2.45. The van der Waals surface area contributed by atoms with Gasteiger partial charge in [0.05, 0.1) is 23.1 Å². The van der Waals surface area contributed by atoms with E-state index in [-0.39, 0.29) is 39.6 Å². The van der Waals surface area contributed by atoms with E-state index in [1.54, 1.807) is 0 Å². The number of carboxylic acid groups (broad SMARTS) is 1. The van der Waals surface area contributed by atoms with E-state index in [0.29, 0.717) is 6.42 Å². The number of rotatable bonds is 8. The van der Waals surface area contributed by atoms with Crippen molar-refractivity contribution >= 4 is 22.5 Å². The number of carboxylic acids is 1. The molecule has 38 heavy (non-hydrogen) atoms. The molecular formula is C27H28O11. The molecule has 0 unspecified atom stereocenters. The summed E-state index contributed by atoms with van der Waals surface area (Å²) in [5.41, 5.74) is 0.386. The Kier molecular flexibility index (Phi) is 7.86. The van der Waals surface area contributed by atoms with Gasteiger partial charge in [0.25, 0.3) is 0 Å². The molecule has 4 rings (SSSR count). The van der Waals surface area contributed by atoms with Crippen LogP contribution in [0.25, 0.3) is 10.8 Å². The first kappa shape index (κ1) is 27.3. The van der Waals surface area contributed by atoms with Crippen LogP contribution in [0.15, 0.2) is 42.5 Å². The Balaban J connectivity index is 1.81. The van der Waals surface area contributed by atoms with Crippen molar-refractivity contribution in [2.45, 2.75) is 50.5 Å². The van der Waals surface area contributed by atoms with Crippen LogP contribution < -0.4 is 4.74 Å². The maximum absolute atomic E-state index is 13.2. The van der Waals surface area contributed by atoms with E-state index < -0.39 is 60.6 Å². The fourth-order valence-electron chi connectivity index (χ4n) is 4.54. The summed E-state index contributed by atoms with van der Waals surface area (Å²) in [7, 11) is 0. The Labute approximate surface area is 216 Å². The molecule has 0 aromatic heterocycles. The molecule has 0 spiro atoms. The normalized spacial score (nSPS) is 23.3. The summed E-state index contributed by atoms with van der Waals surface area (Å²) in [6.45, 7) is 0.682. The number of carbonyl (C=O) groups is 2. The van der Waals surface area contributed by atoms with Gasteiger partial charge in [-0.3, -0.25) is 4.79 Å². The first-order valence-electron chi connectivity index (χ1n) is 11.8. The SMILES string of the molecule is Cc1c(C(=O)CCc2ccccc2)c(O)c2c(O[C@H]3O[C@H](CO)[C@@H](O)[C@H](O)[C@H]3O)cc(C(=O)O)cc2c1O. The molecule has 11 heteroatoms. The molecule has 1 heterocycles. The summed E-state index contributed by atoms with van der Waals surface area (Å²) in [4.78, 5) is 25.0. The molecule has 0 saturated carbocycles. The second-order valence-electron chi connectivity index (χ2n) is 9.12. The fraction of sp³-hybridized carbons (Fsp3) is 0.333. The topological polar surface area (TPSA) is 194 Å². The molecule has 11 nitrogen and oxygen atoms in total. The molecule has 1 fully saturated rings. The Morgan fingerprint density at radius 3 is 2.29 bits per heavy atom. The van der Waals surface area contributed by atoms with Gasteiger partial charge in [-0.25, -0.2) is 4.79 Å². The number of hydrogen-bond acceptors (Lipinski definition) is 10. The lowest BCUT2D eigenvalue weighted by Gasteiger charge is -2.39. The van der Waals surface area contributed by atoms with Gasteiger partial charge in [-0.05, 0) is 31.0 Å². The van der Waals surface area contributed by atoms with Crippen LogP contribution in [0.3, 0.4) is 0 Å². The van der Waals surface area contributed by atoms with E-state index in [1.807, 2.05) is 30.3 Å². The molecule has 0 bridgehead atoms. The minimum absolute atomic E-state index is 0.000525. The Morgan fingerprint density at radius 1 is 0.974 bits per heavy atom. The van der Waals surface area contributed by atoms with E-state index in [1.165, 1.54) is 6.92 Å². The molecule has 1 aliphatic heterocycles. The van der Waals surface area contributed by atoms with E-state index >= 15 is 0 Å². The maximum atomic E-state index is 13.2. The number of fused-ring (bicyclic) bond motifs is 1. The van der Waals surface area contributed by atoms with Crippen LogP contribution in [0.5, 0.6) is 17.2 Å². The Hall–Kier alpha value is -3.74. The Morgan fingerprint density at radius 2 is 1.66 bits per heavy atom. The highest BCUT2D eigenvalue weighted by Crippen LogP contribution is 2.45. The fourth-order valence-corrected chi connectivity index (χ4v) is 4.54. The number of Topliss-reactive ketones (excluding diaryl/α,β-unsaturated/α-hetero) is 1. The third kappa shape index (κ3) is 5.02. The van der Waals surface area contributed by atoms with Gasteiger partial charge >= 0.3 is 5.97 Å². The van der Waals surface area contributed by atoms with Crippen molar-refractivity contribution in [3.63, 3.8) is 0 Å². The van der Waals surface area contributed by atoms with Crippen molar-refractivity contribution < 1.29 is 54.8 Å². The lowest BCUT2D eigenvalue weighted by atomic mass is 9.92. The monoisotopic (exact) mass is 528 g/mol. The average molecular weight is 529 g/mol. The smallest absolute Gasteiger partial charge is 0.335 e.